The van der Waals surface area contributed by atoms with Crippen molar-refractivity contribution in [3.63, 3.8) is 0 Å². The van der Waals surface area contributed by atoms with E-state index in [1.807, 2.05) is 0 Å². The minimum Gasteiger partial charge on any atom is -0.496 e. The van der Waals surface area contributed by atoms with Gasteiger partial charge >= 0.3 is 6.18 Å². The molecule has 6 nitrogen and oxygen atoms in total. The zero-order valence-electron chi connectivity index (χ0n) is 16.5. The molecule has 0 aromatic heterocycles. The lowest BCUT2D eigenvalue weighted by Crippen LogP contribution is -2.33. The molecule has 0 saturated carbocycles. The zero-order chi connectivity index (χ0) is 22.3. The molecular formula is C20H20F3NO5S. The maximum Gasteiger partial charge on any atom is 0.425 e. The van der Waals surface area contributed by atoms with Gasteiger partial charge in [-0.25, -0.2) is 8.42 Å². The van der Waals surface area contributed by atoms with Crippen LogP contribution in [0.4, 0.5) is 18.9 Å². The molecular weight excluding hydrogens is 423 g/mol. The summed E-state index contributed by atoms with van der Waals surface area (Å²) in [6, 6.07) is 8.38. The third kappa shape index (κ3) is 4.23. The number of rotatable bonds is 5. The van der Waals surface area contributed by atoms with Gasteiger partial charge in [0.15, 0.2) is 15.9 Å². The number of ether oxygens (including phenoxy) is 2. The maximum absolute atomic E-state index is 13.3. The predicted molar refractivity (Wildman–Crippen MR) is 104 cm³/mol. The van der Waals surface area contributed by atoms with E-state index in [9.17, 15) is 26.4 Å². The lowest BCUT2D eigenvalue weighted by Gasteiger charge is -2.23. The second-order valence-corrected chi connectivity index (χ2v) is 8.91. The molecule has 2 aromatic carbocycles. The minimum atomic E-state index is -4.65. The lowest BCUT2D eigenvalue weighted by molar-refractivity contribution is -0.189. The van der Waals surface area contributed by atoms with Gasteiger partial charge in [-0.15, -0.1) is 0 Å². The molecule has 2 aromatic rings. The molecule has 0 unspecified atom stereocenters. The first-order valence-electron chi connectivity index (χ1n) is 8.98. The smallest absolute Gasteiger partial charge is 0.425 e. The molecule has 0 spiro atoms. The van der Waals surface area contributed by atoms with Gasteiger partial charge in [-0.2, -0.15) is 13.2 Å². The van der Waals surface area contributed by atoms with E-state index >= 15 is 0 Å². The molecule has 0 fully saturated rings. The van der Waals surface area contributed by atoms with Gasteiger partial charge in [-0.1, -0.05) is 6.07 Å². The third-order valence-electron chi connectivity index (χ3n) is 4.82. The molecule has 30 heavy (non-hydrogen) atoms. The topological polar surface area (TPSA) is 72.9 Å². The molecule has 1 aliphatic heterocycles. The summed E-state index contributed by atoms with van der Waals surface area (Å²) in [6.45, 7) is 1.08. The number of anilines is 1. The van der Waals surface area contributed by atoms with E-state index in [2.05, 4.69) is 0 Å². The fourth-order valence-corrected chi connectivity index (χ4v) is 3.86. The third-order valence-corrected chi connectivity index (χ3v) is 5.93. The second kappa shape index (κ2) is 7.82. The first-order valence-corrected chi connectivity index (χ1v) is 10.9. The van der Waals surface area contributed by atoms with Crippen LogP contribution in [0.2, 0.25) is 0 Å². The first-order chi connectivity index (χ1) is 13.9. The Morgan fingerprint density at radius 1 is 1.17 bits per heavy atom. The number of carbonyl (C=O) groups is 1. The van der Waals surface area contributed by atoms with E-state index in [0.717, 1.165) is 36.9 Å². The summed E-state index contributed by atoms with van der Waals surface area (Å²) in [4.78, 5) is 14.5. The molecule has 0 saturated heterocycles. The number of nitrogens with zero attached hydrogens (tertiary/aromatic N) is 1. The molecule has 10 heteroatoms. The number of hydrogen-bond acceptors (Lipinski definition) is 5. The van der Waals surface area contributed by atoms with Gasteiger partial charge in [-0.05, 0) is 43.7 Å². The van der Waals surface area contributed by atoms with Crippen molar-refractivity contribution in [2.24, 2.45) is 0 Å². The summed E-state index contributed by atoms with van der Waals surface area (Å²) in [5, 5.41) is 0. The van der Waals surface area contributed by atoms with Gasteiger partial charge < -0.3 is 14.4 Å². The fraction of sp³-hybridized carbons (Fsp3) is 0.350. The van der Waals surface area contributed by atoms with Crippen molar-refractivity contribution in [3.05, 3.63) is 47.5 Å². The summed E-state index contributed by atoms with van der Waals surface area (Å²) in [7, 11) is -2.20. The van der Waals surface area contributed by atoms with Crippen molar-refractivity contribution < 1.29 is 35.9 Å². The summed E-state index contributed by atoms with van der Waals surface area (Å²) < 4.78 is 73.1. The van der Waals surface area contributed by atoms with E-state index in [0.29, 0.717) is 17.9 Å². The molecule has 0 bridgehead atoms. The molecule has 0 radical (unpaired) electrons. The van der Waals surface area contributed by atoms with Crippen LogP contribution in [0.5, 0.6) is 11.5 Å². The molecule has 1 aliphatic rings. The highest BCUT2D eigenvalue weighted by molar-refractivity contribution is 7.90. The first kappa shape index (κ1) is 21.9. The standard InChI is InChI=1S/C20H20F3NO5S/c1-12(20(21,22)23)29-18-8-7-13(30(3,26)27)11-15(18)19(25)24-10-9-14-16(24)5-4-6-17(14)28-2/h4-8,11-12H,9-10H2,1-3H3/t12-/m0/s1. The molecule has 0 aliphatic carbocycles. The Morgan fingerprint density at radius 2 is 1.87 bits per heavy atom. The van der Waals surface area contributed by atoms with E-state index in [1.54, 1.807) is 18.2 Å². The van der Waals surface area contributed by atoms with E-state index in [4.69, 9.17) is 9.47 Å². The maximum atomic E-state index is 13.3. The van der Waals surface area contributed by atoms with Crippen LogP contribution in [-0.2, 0) is 16.3 Å². The molecule has 162 valence electrons. The fourth-order valence-electron chi connectivity index (χ4n) is 3.22. The summed E-state index contributed by atoms with van der Waals surface area (Å²) in [5.74, 6) is -0.402. The van der Waals surface area contributed by atoms with Crippen LogP contribution >= 0.6 is 0 Å². The van der Waals surface area contributed by atoms with Gasteiger partial charge in [0.2, 0.25) is 0 Å². The quantitative estimate of drug-likeness (QED) is 0.706. The van der Waals surface area contributed by atoms with Crippen LogP contribution < -0.4 is 14.4 Å². The van der Waals surface area contributed by atoms with Crippen LogP contribution in [0.1, 0.15) is 22.8 Å². The van der Waals surface area contributed by atoms with Crippen LogP contribution in [-0.4, -0.2) is 46.5 Å². The zero-order valence-corrected chi connectivity index (χ0v) is 17.3. The normalized spacial score (nSPS) is 14.9. The van der Waals surface area contributed by atoms with Crippen LogP contribution in [0.15, 0.2) is 41.3 Å². The Bertz CT molecular complexity index is 1080. The van der Waals surface area contributed by atoms with Gasteiger partial charge in [0.05, 0.1) is 23.3 Å². The summed E-state index contributed by atoms with van der Waals surface area (Å²) in [5.41, 5.74) is 1.09. The van der Waals surface area contributed by atoms with E-state index < -0.39 is 28.0 Å². The van der Waals surface area contributed by atoms with Crippen LogP contribution in [0.3, 0.4) is 0 Å². The predicted octanol–water partition coefficient (Wildman–Crippen LogP) is 3.63. The number of halogens is 3. The van der Waals surface area contributed by atoms with Gasteiger partial charge in [0.25, 0.3) is 5.91 Å². The Morgan fingerprint density at radius 3 is 2.47 bits per heavy atom. The largest absolute Gasteiger partial charge is 0.496 e. The summed E-state index contributed by atoms with van der Waals surface area (Å²) in [6.07, 6.45) is -5.39. The van der Waals surface area contributed by atoms with Crippen molar-refractivity contribution in [1.82, 2.24) is 0 Å². The molecule has 1 atom stereocenters. The van der Waals surface area contributed by atoms with Gasteiger partial charge in [-0.3, -0.25) is 4.79 Å². The van der Waals surface area contributed by atoms with Crippen LogP contribution in [0, 0.1) is 0 Å². The van der Waals surface area contributed by atoms with Crippen molar-refractivity contribution in [2.75, 3.05) is 24.8 Å². The van der Waals surface area contributed by atoms with E-state index in [1.165, 1.54) is 12.0 Å². The average molecular weight is 443 g/mol. The Balaban J connectivity index is 2.07. The average Bonchev–Trinajstić information content (AvgIpc) is 3.10. The van der Waals surface area contributed by atoms with E-state index in [-0.39, 0.29) is 22.8 Å². The Hall–Kier alpha value is -2.75. The number of carbonyl (C=O) groups excluding carboxylic acids is 1. The number of hydrogen-bond donors (Lipinski definition) is 0. The number of amides is 1. The van der Waals surface area contributed by atoms with Gasteiger partial charge in [0.1, 0.15) is 11.5 Å². The lowest BCUT2D eigenvalue weighted by atomic mass is 10.1. The highest BCUT2D eigenvalue weighted by atomic mass is 32.2. The SMILES string of the molecule is COc1cccc2c1CCN2C(=O)c1cc(S(C)(=O)=O)ccc1O[C@@H](C)C(F)(F)F. The van der Waals surface area contributed by atoms with Crippen molar-refractivity contribution in [2.45, 2.75) is 30.5 Å². The van der Waals surface area contributed by atoms with Crippen molar-refractivity contribution >= 4 is 21.4 Å². The molecule has 1 heterocycles. The molecule has 3 rings (SSSR count). The van der Waals surface area contributed by atoms with Crippen molar-refractivity contribution in [1.29, 1.82) is 0 Å². The number of methoxy groups -OCH3 is 1. The number of benzene rings is 2. The summed E-state index contributed by atoms with van der Waals surface area (Å²) >= 11 is 0. The highest BCUT2D eigenvalue weighted by Gasteiger charge is 2.39. The van der Waals surface area contributed by atoms with Crippen LogP contribution in [0.25, 0.3) is 0 Å². The monoisotopic (exact) mass is 443 g/mol. The number of alkyl halides is 3. The number of sulfone groups is 1. The van der Waals surface area contributed by atoms with Crippen molar-refractivity contribution in [3.8, 4) is 11.5 Å². The Labute approximate surface area is 172 Å². The highest BCUT2D eigenvalue weighted by Crippen LogP contribution is 2.37. The number of fused-ring (bicyclic) bond motifs is 1. The Kier molecular flexibility index (Phi) is 5.72. The van der Waals surface area contributed by atoms with Gasteiger partial charge in [0, 0.05) is 18.4 Å². The second-order valence-electron chi connectivity index (χ2n) is 6.90. The molecule has 0 N–H and O–H groups in total. The molecule has 1 amide bonds. The minimum absolute atomic E-state index is 0.192.